The third-order valence-electron chi connectivity index (χ3n) is 1.93. The molecule has 0 aromatic heterocycles. The van der Waals surface area contributed by atoms with Crippen molar-refractivity contribution < 1.29 is 19.0 Å². The topological polar surface area (TPSA) is 62.5 Å². The van der Waals surface area contributed by atoms with Crippen LogP contribution in [0.5, 0.6) is 17.2 Å². The second kappa shape index (κ2) is 3.07. The van der Waals surface area contributed by atoms with Crippen LogP contribution in [0.2, 0.25) is 0 Å². The minimum absolute atomic E-state index is 0.0678. The van der Waals surface area contributed by atoms with E-state index in [9.17, 15) is 9.50 Å². The second-order valence-electron chi connectivity index (χ2n) is 2.77. The Bertz CT molecular complexity index is 425. The van der Waals surface area contributed by atoms with Crippen molar-refractivity contribution in [1.29, 1.82) is 5.26 Å². The van der Waals surface area contributed by atoms with Gasteiger partial charge in [-0.3, -0.25) is 0 Å². The van der Waals surface area contributed by atoms with Gasteiger partial charge in [0, 0.05) is 5.56 Å². The van der Waals surface area contributed by atoms with Crippen LogP contribution >= 0.6 is 0 Å². The molecule has 1 N–H and O–H groups in total. The normalized spacial score (nSPS) is 12.6. The van der Waals surface area contributed by atoms with Crippen LogP contribution in [0.3, 0.4) is 0 Å². The molecule has 1 aliphatic heterocycles. The summed E-state index contributed by atoms with van der Waals surface area (Å²) >= 11 is 0. The number of nitrogens with zero attached hydrogens (tertiary/aromatic N) is 1. The van der Waals surface area contributed by atoms with Crippen molar-refractivity contribution in [1.82, 2.24) is 0 Å². The fourth-order valence-electron chi connectivity index (χ4n) is 1.26. The van der Waals surface area contributed by atoms with E-state index >= 15 is 0 Å². The Morgan fingerprint density at radius 3 is 3.07 bits per heavy atom. The molecule has 4 nitrogen and oxygen atoms in total. The standard InChI is InChI=1S/C9H6FNO3/c10-7-8(12)5(1-2-11)3-6-9(7)14-4-13-6/h3,12H,1,4H2. The van der Waals surface area contributed by atoms with Crippen LogP contribution in [0, 0.1) is 17.1 Å². The predicted octanol–water partition coefficient (Wildman–Crippen LogP) is 1.33. The summed E-state index contributed by atoms with van der Waals surface area (Å²) < 4.78 is 23.1. The SMILES string of the molecule is N#CCc1cc2c(c(F)c1O)OCO2. The zero-order valence-electron chi connectivity index (χ0n) is 7.08. The largest absolute Gasteiger partial charge is 0.505 e. The number of hydrogen-bond donors (Lipinski definition) is 1. The van der Waals surface area contributed by atoms with Gasteiger partial charge in [0.05, 0.1) is 12.5 Å². The summed E-state index contributed by atoms with van der Waals surface area (Å²) in [6, 6.07) is 3.23. The number of phenolic OH excluding ortho intramolecular Hbond substituents is 1. The lowest BCUT2D eigenvalue weighted by molar-refractivity contribution is 0.170. The highest BCUT2D eigenvalue weighted by molar-refractivity contribution is 5.53. The van der Waals surface area contributed by atoms with Gasteiger partial charge < -0.3 is 14.6 Å². The van der Waals surface area contributed by atoms with Gasteiger partial charge in [-0.1, -0.05) is 0 Å². The van der Waals surface area contributed by atoms with Gasteiger partial charge in [-0.05, 0) is 6.07 Å². The van der Waals surface area contributed by atoms with Gasteiger partial charge in [0.2, 0.25) is 18.4 Å². The number of fused-ring (bicyclic) bond motifs is 1. The smallest absolute Gasteiger partial charge is 0.231 e. The van der Waals surface area contributed by atoms with Gasteiger partial charge in [0.25, 0.3) is 0 Å². The number of halogens is 1. The van der Waals surface area contributed by atoms with E-state index in [-0.39, 0.29) is 30.3 Å². The van der Waals surface area contributed by atoms with E-state index in [0.717, 1.165) is 0 Å². The van der Waals surface area contributed by atoms with Crippen LogP contribution < -0.4 is 9.47 Å². The summed E-state index contributed by atoms with van der Waals surface area (Å²) in [4.78, 5) is 0. The van der Waals surface area contributed by atoms with Gasteiger partial charge in [0.15, 0.2) is 11.5 Å². The summed E-state index contributed by atoms with van der Waals surface area (Å²) in [5.74, 6) is -1.28. The van der Waals surface area contributed by atoms with Gasteiger partial charge >= 0.3 is 0 Å². The van der Waals surface area contributed by atoms with Crippen LogP contribution in [-0.4, -0.2) is 11.9 Å². The number of phenols is 1. The lowest BCUT2D eigenvalue weighted by atomic mass is 10.1. The lowest BCUT2D eigenvalue weighted by Gasteiger charge is -2.04. The fraction of sp³-hybridized carbons (Fsp3) is 0.222. The zero-order valence-corrected chi connectivity index (χ0v) is 7.08. The van der Waals surface area contributed by atoms with Crippen molar-refractivity contribution in [3.63, 3.8) is 0 Å². The zero-order chi connectivity index (χ0) is 10.1. The minimum Gasteiger partial charge on any atom is -0.505 e. The van der Waals surface area contributed by atoms with Crippen LogP contribution in [0.4, 0.5) is 4.39 Å². The molecule has 0 bridgehead atoms. The molecule has 0 saturated heterocycles. The molecule has 0 saturated carbocycles. The van der Waals surface area contributed by atoms with Gasteiger partial charge in [-0.25, -0.2) is 0 Å². The van der Waals surface area contributed by atoms with E-state index in [1.807, 2.05) is 6.07 Å². The van der Waals surface area contributed by atoms with E-state index in [2.05, 4.69) is 0 Å². The Morgan fingerprint density at radius 1 is 1.57 bits per heavy atom. The number of nitriles is 1. The molecule has 0 fully saturated rings. The van der Waals surface area contributed by atoms with E-state index in [1.165, 1.54) is 6.07 Å². The highest BCUT2D eigenvalue weighted by Gasteiger charge is 2.24. The molecular formula is C9H6FNO3. The summed E-state index contributed by atoms with van der Waals surface area (Å²) in [5.41, 5.74) is 0.203. The summed E-state index contributed by atoms with van der Waals surface area (Å²) in [6.45, 7) is -0.0678. The summed E-state index contributed by atoms with van der Waals surface area (Å²) in [6.07, 6.45) is -0.0700. The number of hydrogen-bond acceptors (Lipinski definition) is 4. The number of rotatable bonds is 1. The first-order valence-electron chi connectivity index (χ1n) is 3.91. The molecule has 1 heterocycles. The molecule has 0 atom stereocenters. The van der Waals surface area contributed by atoms with Crippen LogP contribution in [0.1, 0.15) is 5.56 Å². The van der Waals surface area contributed by atoms with Crippen molar-refractivity contribution in [3.8, 4) is 23.3 Å². The molecule has 2 rings (SSSR count). The van der Waals surface area contributed by atoms with E-state index in [4.69, 9.17) is 14.7 Å². The van der Waals surface area contributed by atoms with Crippen molar-refractivity contribution in [2.24, 2.45) is 0 Å². The molecule has 0 amide bonds. The highest BCUT2D eigenvalue weighted by Crippen LogP contribution is 2.41. The molecule has 1 aliphatic rings. The Balaban J connectivity index is 2.56. The fourth-order valence-corrected chi connectivity index (χ4v) is 1.26. The second-order valence-corrected chi connectivity index (χ2v) is 2.77. The van der Waals surface area contributed by atoms with Gasteiger partial charge in [-0.15, -0.1) is 0 Å². The van der Waals surface area contributed by atoms with Crippen molar-refractivity contribution >= 4 is 0 Å². The molecule has 1 aromatic rings. The first-order chi connectivity index (χ1) is 6.74. The quantitative estimate of drug-likeness (QED) is 0.734. The molecule has 72 valence electrons. The number of ether oxygens (including phenoxy) is 2. The van der Waals surface area contributed by atoms with Crippen LogP contribution in [0.25, 0.3) is 0 Å². The van der Waals surface area contributed by atoms with E-state index in [0.29, 0.717) is 0 Å². The minimum atomic E-state index is -0.870. The molecule has 0 radical (unpaired) electrons. The van der Waals surface area contributed by atoms with Gasteiger partial charge in [-0.2, -0.15) is 9.65 Å². The van der Waals surface area contributed by atoms with Crippen LogP contribution in [0.15, 0.2) is 6.07 Å². The molecular weight excluding hydrogens is 189 g/mol. The lowest BCUT2D eigenvalue weighted by Crippen LogP contribution is -1.93. The average Bonchev–Trinajstić information content (AvgIpc) is 2.62. The van der Waals surface area contributed by atoms with Crippen molar-refractivity contribution in [2.75, 3.05) is 6.79 Å². The van der Waals surface area contributed by atoms with Gasteiger partial charge in [0.1, 0.15) is 0 Å². The Kier molecular flexibility index (Phi) is 1.89. The van der Waals surface area contributed by atoms with E-state index in [1.54, 1.807) is 0 Å². The van der Waals surface area contributed by atoms with Crippen molar-refractivity contribution in [3.05, 3.63) is 17.4 Å². The maximum Gasteiger partial charge on any atom is 0.231 e. The summed E-state index contributed by atoms with van der Waals surface area (Å²) in [5, 5.41) is 17.8. The first kappa shape index (κ1) is 8.63. The predicted molar refractivity (Wildman–Crippen MR) is 43.5 cm³/mol. The maximum atomic E-state index is 13.3. The molecule has 5 heteroatoms. The Morgan fingerprint density at radius 2 is 2.36 bits per heavy atom. The summed E-state index contributed by atoms with van der Waals surface area (Å²) in [7, 11) is 0. The molecule has 14 heavy (non-hydrogen) atoms. The average molecular weight is 195 g/mol. The number of aromatic hydroxyl groups is 1. The monoisotopic (exact) mass is 195 g/mol. The third-order valence-corrected chi connectivity index (χ3v) is 1.93. The molecule has 0 unspecified atom stereocenters. The Labute approximate surface area is 79.1 Å². The Hall–Kier alpha value is -1.96. The third kappa shape index (κ3) is 1.12. The molecule has 1 aromatic carbocycles. The highest BCUT2D eigenvalue weighted by atomic mass is 19.1. The first-order valence-corrected chi connectivity index (χ1v) is 3.91. The number of benzene rings is 1. The van der Waals surface area contributed by atoms with E-state index < -0.39 is 11.6 Å². The van der Waals surface area contributed by atoms with Crippen LogP contribution in [-0.2, 0) is 6.42 Å². The van der Waals surface area contributed by atoms with Crippen molar-refractivity contribution in [2.45, 2.75) is 6.42 Å². The maximum absolute atomic E-state index is 13.3. The molecule has 0 aliphatic carbocycles. The molecule has 0 spiro atoms.